The molecule has 2 aliphatic carbocycles. The summed E-state index contributed by atoms with van der Waals surface area (Å²) in [4.78, 5) is 12.0. The first-order chi connectivity index (χ1) is 8.50. The van der Waals surface area contributed by atoms with Crippen molar-refractivity contribution in [2.45, 2.75) is 69.4 Å². The molecule has 0 aliphatic heterocycles. The lowest BCUT2D eigenvalue weighted by atomic mass is 9.89. The summed E-state index contributed by atoms with van der Waals surface area (Å²) in [7, 11) is 0. The smallest absolute Gasteiger partial charge is 0.224 e. The monoisotopic (exact) mass is 250 g/mol. The van der Waals surface area contributed by atoms with Crippen LogP contribution in [-0.4, -0.2) is 22.2 Å². The Kier molecular flexibility index (Phi) is 3.63. The van der Waals surface area contributed by atoms with Gasteiger partial charge in [0.2, 0.25) is 5.91 Å². The number of rotatable bonds is 3. The van der Waals surface area contributed by atoms with E-state index >= 15 is 0 Å². The van der Waals surface area contributed by atoms with Gasteiger partial charge in [-0.1, -0.05) is 19.8 Å². The lowest BCUT2D eigenvalue weighted by Gasteiger charge is -2.29. The number of aliphatic hydroxyl groups is 1. The Hall–Kier alpha value is -1.08. The Morgan fingerprint density at radius 1 is 1.39 bits per heavy atom. The minimum absolute atomic E-state index is 0.142. The molecule has 2 N–H and O–H groups in total. The van der Waals surface area contributed by atoms with Gasteiger partial charge in [-0.25, -0.2) is 0 Å². The number of nitrogens with zero attached hydrogens (tertiary/aromatic N) is 1. The molecule has 4 nitrogen and oxygen atoms in total. The van der Waals surface area contributed by atoms with Crippen molar-refractivity contribution in [1.29, 1.82) is 5.26 Å². The first kappa shape index (κ1) is 13.4. The molecule has 0 spiro atoms. The molecule has 0 aromatic carbocycles. The molecule has 0 aromatic rings. The molecule has 1 amide bonds. The maximum atomic E-state index is 12.0. The SMILES string of the molecule is CC1CCCC1(C#N)NC(=O)CC1(O)CCCC1. The topological polar surface area (TPSA) is 73.1 Å². The van der Waals surface area contributed by atoms with Crippen molar-refractivity contribution in [2.75, 3.05) is 0 Å². The van der Waals surface area contributed by atoms with E-state index in [1.165, 1.54) is 0 Å². The normalized spacial score (nSPS) is 34.2. The largest absolute Gasteiger partial charge is 0.389 e. The number of carbonyl (C=O) groups is 1. The highest BCUT2D eigenvalue weighted by Crippen LogP contribution is 2.36. The predicted octanol–water partition coefficient (Wildman–Crippen LogP) is 1.88. The van der Waals surface area contributed by atoms with Gasteiger partial charge in [0.15, 0.2) is 0 Å². The molecule has 2 atom stereocenters. The molecule has 0 radical (unpaired) electrons. The van der Waals surface area contributed by atoms with Crippen LogP contribution in [0.3, 0.4) is 0 Å². The minimum atomic E-state index is -0.831. The van der Waals surface area contributed by atoms with Crippen LogP contribution in [0.1, 0.15) is 58.3 Å². The third kappa shape index (κ3) is 2.51. The molecule has 18 heavy (non-hydrogen) atoms. The van der Waals surface area contributed by atoms with E-state index < -0.39 is 11.1 Å². The van der Waals surface area contributed by atoms with Crippen molar-refractivity contribution >= 4 is 5.91 Å². The predicted molar refractivity (Wildman–Crippen MR) is 67.5 cm³/mol. The summed E-state index contributed by atoms with van der Waals surface area (Å²) in [5.74, 6) is 0.0272. The molecule has 2 rings (SSSR count). The molecule has 2 saturated carbocycles. The minimum Gasteiger partial charge on any atom is -0.389 e. The first-order valence-electron chi connectivity index (χ1n) is 6.94. The van der Waals surface area contributed by atoms with E-state index in [-0.39, 0.29) is 18.2 Å². The van der Waals surface area contributed by atoms with Crippen molar-refractivity contribution in [3.8, 4) is 6.07 Å². The maximum Gasteiger partial charge on any atom is 0.224 e. The summed E-state index contributed by atoms with van der Waals surface area (Å²) in [5.41, 5.74) is -1.53. The molecule has 2 unspecified atom stereocenters. The molecule has 4 heteroatoms. The third-order valence-electron chi connectivity index (χ3n) is 4.64. The summed E-state index contributed by atoms with van der Waals surface area (Å²) in [5, 5.41) is 22.4. The van der Waals surface area contributed by atoms with Gasteiger partial charge in [-0.3, -0.25) is 4.79 Å². The summed E-state index contributed by atoms with van der Waals surface area (Å²) in [6.45, 7) is 2.01. The first-order valence-corrected chi connectivity index (χ1v) is 6.94. The zero-order chi connectivity index (χ0) is 13.2. The van der Waals surface area contributed by atoms with Gasteiger partial charge < -0.3 is 10.4 Å². The van der Waals surface area contributed by atoms with Crippen molar-refractivity contribution in [2.24, 2.45) is 5.92 Å². The second-order valence-electron chi connectivity index (χ2n) is 6.03. The van der Waals surface area contributed by atoms with E-state index in [1.807, 2.05) is 6.92 Å². The van der Waals surface area contributed by atoms with Crippen molar-refractivity contribution in [3.05, 3.63) is 0 Å². The van der Waals surface area contributed by atoms with Crippen LogP contribution in [0, 0.1) is 17.2 Å². The van der Waals surface area contributed by atoms with E-state index in [1.54, 1.807) is 0 Å². The Morgan fingerprint density at radius 3 is 2.56 bits per heavy atom. The van der Waals surface area contributed by atoms with E-state index in [0.717, 1.165) is 32.1 Å². The van der Waals surface area contributed by atoms with Crippen LogP contribution in [0.5, 0.6) is 0 Å². The molecule has 0 heterocycles. The summed E-state index contributed by atoms with van der Waals surface area (Å²) >= 11 is 0. The third-order valence-corrected chi connectivity index (χ3v) is 4.64. The summed E-state index contributed by atoms with van der Waals surface area (Å²) in [6.07, 6.45) is 6.23. The molecule has 2 aliphatic rings. The van der Waals surface area contributed by atoms with Gasteiger partial charge in [0.25, 0.3) is 0 Å². The number of hydrogen-bond donors (Lipinski definition) is 2. The summed E-state index contributed by atoms with van der Waals surface area (Å²) < 4.78 is 0. The van der Waals surface area contributed by atoms with E-state index in [9.17, 15) is 15.2 Å². The highest BCUT2D eigenvalue weighted by atomic mass is 16.3. The lowest BCUT2D eigenvalue weighted by molar-refractivity contribution is -0.127. The lowest BCUT2D eigenvalue weighted by Crippen LogP contribution is -2.51. The van der Waals surface area contributed by atoms with Crippen LogP contribution in [0.15, 0.2) is 0 Å². The quantitative estimate of drug-likeness (QED) is 0.803. The number of hydrogen-bond acceptors (Lipinski definition) is 3. The Balaban J connectivity index is 1.96. The Morgan fingerprint density at radius 2 is 2.06 bits per heavy atom. The van der Waals surface area contributed by atoms with Gasteiger partial charge in [0.1, 0.15) is 5.54 Å². The van der Waals surface area contributed by atoms with Gasteiger partial charge in [0, 0.05) is 0 Å². The second kappa shape index (κ2) is 4.89. The second-order valence-corrected chi connectivity index (χ2v) is 6.03. The number of nitrogens with one attached hydrogen (secondary N) is 1. The van der Waals surface area contributed by atoms with Gasteiger partial charge in [-0.15, -0.1) is 0 Å². The van der Waals surface area contributed by atoms with Gasteiger partial charge in [0.05, 0.1) is 18.1 Å². The van der Waals surface area contributed by atoms with Crippen molar-refractivity contribution in [3.63, 3.8) is 0 Å². The molecule has 100 valence electrons. The van der Waals surface area contributed by atoms with Crippen LogP contribution in [0.4, 0.5) is 0 Å². The number of nitriles is 1. The van der Waals surface area contributed by atoms with Crippen LogP contribution >= 0.6 is 0 Å². The summed E-state index contributed by atoms with van der Waals surface area (Å²) in [6, 6.07) is 2.28. The standard InChI is InChI=1S/C14H22N2O2/c1-11-5-4-8-14(11,10-15)16-12(17)9-13(18)6-2-3-7-13/h11,18H,2-9H2,1H3,(H,16,17). The highest BCUT2D eigenvalue weighted by Gasteiger charge is 2.43. The average molecular weight is 250 g/mol. The number of carbonyl (C=O) groups excluding carboxylic acids is 1. The van der Waals surface area contributed by atoms with Crippen LogP contribution in [0.25, 0.3) is 0 Å². The fraction of sp³-hybridized carbons (Fsp3) is 0.857. The maximum absolute atomic E-state index is 12.0. The Bertz CT molecular complexity index is 368. The van der Waals surface area contributed by atoms with Crippen molar-refractivity contribution < 1.29 is 9.90 Å². The molecule has 0 bridgehead atoms. The van der Waals surface area contributed by atoms with Crippen LogP contribution < -0.4 is 5.32 Å². The molecule has 0 saturated heterocycles. The average Bonchev–Trinajstić information content (AvgIpc) is 2.87. The molecular weight excluding hydrogens is 228 g/mol. The molecule has 2 fully saturated rings. The van der Waals surface area contributed by atoms with Gasteiger partial charge in [-0.05, 0) is 38.0 Å². The van der Waals surface area contributed by atoms with E-state index in [2.05, 4.69) is 11.4 Å². The molecular formula is C14H22N2O2. The van der Waals surface area contributed by atoms with Crippen LogP contribution in [0.2, 0.25) is 0 Å². The fourth-order valence-electron chi connectivity index (χ4n) is 3.36. The van der Waals surface area contributed by atoms with Gasteiger partial charge in [-0.2, -0.15) is 5.26 Å². The van der Waals surface area contributed by atoms with E-state index in [0.29, 0.717) is 12.8 Å². The van der Waals surface area contributed by atoms with Crippen molar-refractivity contribution in [1.82, 2.24) is 5.32 Å². The van der Waals surface area contributed by atoms with E-state index in [4.69, 9.17) is 0 Å². The Labute approximate surface area is 108 Å². The zero-order valence-corrected chi connectivity index (χ0v) is 11.0. The van der Waals surface area contributed by atoms with Gasteiger partial charge >= 0.3 is 0 Å². The fourth-order valence-corrected chi connectivity index (χ4v) is 3.36. The molecule has 0 aromatic heterocycles. The van der Waals surface area contributed by atoms with Crippen LogP contribution in [-0.2, 0) is 4.79 Å². The highest BCUT2D eigenvalue weighted by molar-refractivity contribution is 5.78. The zero-order valence-electron chi connectivity index (χ0n) is 11.0. The number of amides is 1.